The number of primary amides is 1. The quantitative estimate of drug-likeness (QED) is 0.586. The minimum absolute atomic E-state index is 0.0941. The van der Waals surface area contributed by atoms with Gasteiger partial charge in [-0.15, -0.1) is 0 Å². The maximum atomic E-state index is 12.4. The normalized spacial score (nSPS) is 11.7. The molecule has 8 nitrogen and oxygen atoms in total. The second kappa shape index (κ2) is 8.92. The molecule has 4 N–H and O–H groups in total. The number of hydrogen-bond acceptors (Lipinski definition) is 5. The summed E-state index contributed by atoms with van der Waals surface area (Å²) >= 11 is 0. The number of sulfonamides is 1. The van der Waals surface area contributed by atoms with E-state index in [2.05, 4.69) is 5.32 Å². The Balaban J connectivity index is 2.13. The molecule has 0 aliphatic rings. The third-order valence-electron chi connectivity index (χ3n) is 3.34. The second-order valence-corrected chi connectivity index (χ2v) is 7.47. The van der Waals surface area contributed by atoms with Crippen LogP contribution < -0.4 is 20.5 Å². The van der Waals surface area contributed by atoms with E-state index in [1.807, 2.05) is 0 Å². The van der Waals surface area contributed by atoms with Crippen molar-refractivity contribution in [3.05, 3.63) is 54.1 Å². The first-order chi connectivity index (χ1) is 13.5. The summed E-state index contributed by atoms with van der Waals surface area (Å²) in [4.78, 5) is 22.6. The molecule has 0 aliphatic carbocycles. The van der Waals surface area contributed by atoms with Gasteiger partial charge in [-0.2, -0.15) is 13.2 Å². The Kier molecular flexibility index (Phi) is 6.82. The van der Waals surface area contributed by atoms with Crippen molar-refractivity contribution in [2.45, 2.75) is 11.1 Å². The molecule has 0 atom stereocenters. The summed E-state index contributed by atoms with van der Waals surface area (Å²) in [6.45, 7) is -2.09. The van der Waals surface area contributed by atoms with Gasteiger partial charge in [-0.3, -0.25) is 9.59 Å². The van der Waals surface area contributed by atoms with Crippen molar-refractivity contribution in [3.8, 4) is 5.75 Å². The average Bonchev–Trinajstić information content (AvgIpc) is 2.65. The highest BCUT2D eigenvalue weighted by Crippen LogP contribution is 2.20. The zero-order valence-electron chi connectivity index (χ0n) is 14.7. The van der Waals surface area contributed by atoms with Crippen LogP contribution in [0.5, 0.6) is 5.75 Å². The summed E-state index contributed by atoms with van der Waals surface area (Å²) in [6.07, 6.45) is -4.72. The predicted octanol–water partition coefficient (Wildman–Crippen LogP) is 1.64. The summed E-state index contributed by atoms with van der Waals surface area (Å²) in [5.74, 6) is -1.13. The van der Waals surface area contributed by atoms with Gasteiger partial charge < -0.3 is 15.8 Å². The molecular weight excluding hydrogens is 415 g/mol. The molecule has 0 unspecified atom stereocenters. The maximum Gasteiger partial charge on any atom is 0.402 e. The van der Waals surface area contributed by atoms with Gasteiger partial charge in [0, 0.05) is 17.3 Å². The van der Waals surface area contributed by atoms with Crippen LogP contribution in [0.25, 0.3) is 0 Å². The Hall–Kier alpha value is -3.12. The molecule has 0 spiro atoms. The first kappa shape index (κ1) is 22.2. The van der Waals surface area contributed by atoms with E-state index in [1.165, 1.54) is 41.1 Å². The number of ether oxygens (including phenoxy) is 1. The first-order valence-corrected chi connectivity index (χ1v) is 9.43. The fraction of sp³-hybridized carbons (Fsp3) is 0.176. The van der Waals surface area contributed by atoms with Crippen LogP contribution in [0.1, 0.15) is 10.4 Å². The number of amides is 2. The SMILES string of the molecule is NC(=O)COc1cccc(NC(=O)c2cccc(S(=O)(=O)NCC(F)(F)F)c2)c1. The zero-order valence-corrected chi connectivity index (χ0v) is 15.5. The third kappa shape index (κ3) is 7.08. The van der Waals surface area contributed by atoms with E-state index in [4.69, 9.17) is 10.5 Å². The number of nitrogens with two attached hydrogens (primary N) is 1. The summed E-state index contributed by atoms with van der Waals surface area (Å²) in [6, 6.07) is 10.5. The molecule has 2 aromatic carbocycles. The Morgan fingerprint density at radius 3 is 2.41 bits per heavy atom. The highest BCUT2D eigenvalue weighted by molar-refractivity contribution is 7.89. The number of alkyl halides is 3. The minimum atomic E-state index is -4.72. The van der Waals surface area contributed by atoms with E-state index in [0.29, 0.717) is 0 Å². The molecule has 29 heavy (non-hydrogen) atoms. The lowest BCUT2D eigenvalue weighted by molar-refractivity contribution is -0.121. The monoisotopic (exact) mass is 431 g/mol. The van der Waals surface area contributed by atoms with E-state index in [9.17, 15) is 31.2 Å². The van der Waals surface area contributed by atoms with Crippen molar-refractivity contribution in [2.75, 3.05) is 18.5 Å². The van der Waals surface area contributed by atoms with Crippen molar-refractivity contribution in [1.29, 1.82) is 0 Å². The van der Waals surface area contributed by atoms with E-state index < -0.39 is 39.5 Å². The molecule has 2 rings (SSSR count). The van der Waals surface area contributed by atoms with Gasteiger partial charge in [0.25, 0.3) is 11.8 Å². The second-order valence-electron chi connectivity index (χ2n) is 5.70. The number of anilines is 1. The van der Waals surface area contributed by atoms with Crippen molar-refractivity contribution in [3.63, 3.8) is 0 Å². The van der Waals surface area contributed by atoms with Gasteiger partial charge in [-0.05, 0) is 30.3 Å². The Morgan fingerprint density at radius 1 is 1.07 bits per heavy atom. The van der Waals surface area contributed by atoms with Crippen LogP contribution >= 0.6 is 0 Å². The lowest BCUT2D eigenvalue weighted by Crippen LogP contribution is -2.33. The summed E-state index contributed by atoms with van der Waals surface area (Å²) in [5, 5.41) is 2.49. The molecular formula is C17H16F3N3O5S. The van der Waals surface area contributed by atoms with E-state index in [0.717, 1.165) is 12.1 Å². The predicted molar refractivity (Wildman–Crippen MR) is 96.8 cm³/mol. The summed E-state index contributed by atoms with van der Waals surface area (Å²) in [5.41, 5.74) is 5.16. The molecule has 0 fully saturated rings. The Morgan fingerprint density at radius 2 is 1.76 bits per heavy atom. The number of benzene rings is 2. The molecule has 0 aliphatic heterocycles. The lowest BCUT2D eigenvalue weighted by Gasteiger charge is -2.11. The first-order valence-electron chi connectivity index (χ1n) is 7.95. The molecule has 0 saturated heterocycles. The molecule has 2 aromatic rings. The van der Waals surface area contributed by atoms with Crippen molar-refractivity contribution in [1.82, 2.24) is 4.72 Å². The molecule has 0 aromatic heterocycles. The number of carbonyl (C=O) groups excluding carboxylic acids is 2. The number of rotatable bonds is 8. The van der Waals surface area contributed by atoms with Crippen molar-refractivity contribution < 1.29 is 35.9 Å². The number of halogens is 3. The summed E-state index contributed by atoms with van der Waals surface area (Å²) in [7, 11) is -4.46. The molecule has 0 bridgehead atoms. The largest absolute Gasteiger partial charge is 0.484 e. The van der Waals surface area contributed by atoms with Crippen LogP contribution in [-0.2, 0) is 14.8 Å². The topological polar surface area (TPSA) is 128 Å². The molecule has 156 valence electrons. The van der Waals surface area contributed by atoms with Crippen LogP contribution in [0.15, 0.2) is 53.4 Å². The van der Waals surface area contributed by atoms with E-state index in [1.54, 1.807) is 0 Å². The highest BCUT2D eigenvalue weighted by atomic mass is 32.2. The molecule has 0 radical (unpaired) electrons. The van der Waals surface area contributed by atoms with Gasteiger partial charge in [-0.1, -0.05) is 12.1 Å². The van der Waals surface area contributed by atoms with Gasteiger partial charge >= 0.3 is 6.18 Å². The van der Waals surface area contributed by atoms with E-state index >= 15 is 0 Å². The van der Waals surface area contributed by atoms with Gasteiger partial charge in [0.2, 0.25) is 10.0 Å². The van der Waals surface area contributed by atoms with Crippen LogP contribution in [0.4, 0.5) is 18.9 Å². The van der Waals surface area contributed by atoms with E-state index in [-0.39, 0.29) is 23.6 Å². The molecule has 12 heteroatoms. The van der Waals surface area contributed by atoms with Crippen LogP contribution in [0.3, 0.4) is 0 Å². The van der Waals surface area contributed by atoms with Gasteiger partial charge in [-0.25, -0.2) is 13.1 Å². The lowest BCUT2D eigenvalue weighted by atomic mass is 10.2. The molecule has 0 heterocycles. The molecule has 2 amide bonds. The Bertz CT molecular complexity index is 1010. The van der Waals surface area contributed by atoms with Gasteiger partial charge in [0.05, 0.1) is 4.90 Å². The number of carbonyl (C=O) groups is 2. The van der Waals surface area contributed by atoms with Crippen LogP contribution in [0, 0.1) is 0 Å². The number of hydrogen-bond donors (Lipinski definition) is 3. The zero-order chi connectivity index (χ0) is 21.7. The minimum Gasteiger partial charge on any atom is -0.484 e. The Labute approximate surface area is 163 Å². The van der Waals surface area contributed by atoms with Crippen molar-refractivity contribution in [2.24, 2.45) is 5.73 Å². The average molecular weight is 431 g/mol. The summed E-state index contributed by atoms with van der Waals surface area (Å²) < 4.78 is 67.3. The fourth-order valence-corrected chi connectivity index (χ4v) is 3.15. The smallest absolute Gasteiger partial charge is 0.402 e. The van der Waals surface area contributed by atoms with Crippen LogP contribution in [-0.4, -0.2) is 39.6 Å². The van der Waals surface area contributed by atoms with Crippen LogP contribution in [0.2, 0.25) is 0 Å². The number of nitrogens with one attached hydrogen (secondary N) is 2. The highest BCUT2D eigenvalue weighted by Gasteiger charge is 2.30. The van der Waals surface area contributed by atoms with Gasteiger partial charge in [0.15, 0.2) is 6.61 Å². The third-order valence-corrected chi connectivity index (χ3v) is 4.74. The molecule has 0 saturated carbocycles. The standard InChI is InChI=1S/C17H16F3N3O5S/c18-17(19,20)10-22-29(26,27)14-6-1-3-11(7-14)16(25)23-12-4-2-5-13(8-12)28-9-15(21)24/h1-8,22H,9-10H2,(H2,21,24)(H,23,25). The maximum absolute atomic E-state index is 12.4. The van der Waals surface area contributed by atoms with Crippen molar-refractivity contribution >= 4 is 27.5 Å². The van der Waals surface area contributed by atoms with Gasteiger partial charge in [0.1, 0.15) is 12.3 Å². The fourth-order valence-electron chi connectivity index (χ4n) is 2.09.